The molecule has 19 heavy (non-hydrogen) atoms. The maximum atomic E-state index is 5.96. The Morgan fingerprint density at radius 3 is 3.05 bits per heavy atom. The smallest absolute Gasteiger partial charge is 0.123 e. The zero-order valence-corrected chi connectivity index (χ0v) is 13.0. The molecule has 1 saturated heterocycles. The van der Waals surface area contributed by atoms with Crippen molar-refractivity contribution in [1.82, 2.24) is 9.88 Å². The van der Waals surface area contributed by atoms with E-state index < -0.39 is 0 Å². The summed E-state index contributed by atoms with van der Waals surface area (Å²) in [5, 5.41) is 5.99. The average molecular weight is 315 g/mol. The maximum absolute atomic E-state index is 5.96. The molecule has 3 rings (SSSR count). The second-order valence-corrected chi connectivity index (χ2v) is 6.97. The summed E-state index contributed by atoms with van der Waals surface area (Å²) >= 11 is 9.37. The van der Waals surface area contributed by atoms with E-state index in [1.807, 2.05) is 18.4 Å². The zero-order valence-electron chi connectivity index (χ0n) is 10.6. The van der Waals surface area contributed by atoms with E-state index in [2.05, 4.69) is 15.3 Å². The SMILES string of the molecule is Cc1csc(C2CN(Cc3cc(Cl)cs3)CCO2)n1. The van der Waals surface area contributed by atoms with Crippen LogP contribution < -0.4 is 0 Å². The lowest BCUT2D eigenvalue weighted by Gasteiger charge is -2.31. The fraction of sp³-hybridized carbons (Fsp3) is 0.462. The summed E-state index contributed by atoms with van der Waals surface area (Å²) in [6.07, 6.45) is 0.114. The highest BCUT2D eigenvalue weighted by atomic mass is 35.5. The molecule has 0 aliphatic carbocycles. The van der Waals surface area contributed by atoms with Crippen molar-refractivity contribution < 1.29 is 4.74 Å². The number of aromatic nitrogens is 1. The third-order valence-corrected chi connectivity index (χ3v) is 5.39. The number of morpholine rings is 1. The average Bonchev–Trinajstić information content (AvgIpc) is 2.99. The predicted molar refractivity (Wildman–Crippen MR) is 80.2 cm³/mol. The standard InChI is InChI=1S/C13H15ClN2OS2/c1-9-7-19-13(15-9)12-6-16(2-3-17-12)5-11-4-10(14)8-18-11/h4,7-8,12H,2-3,5-6H2,1H3. The predicted octanol–water partition coefficient (Wildman–Crippen LogP) is 3.74. The Labute approximate surface area is 125 Å². The molecule has 0 saturated carbocycles. The number of aryl methyl sites for hydroxylation is 1. The van der Waals surface area contributed by atoms with E-state index in [9.17, 15) is 0 Å². The first-order valence-electron chi connectivity index (χ1n) is 6.19. The van der Waals surface area contributed by atoms with Crippen molar-refractivity contribution in [3.8, 4) is 0 Å². The summed E-state index contributed by atoms with van der Waals surface area (Å²) in [6, 6.07) is 2.05. The Hall–Kier alpha value is -0.460. The Kier molecular flexibility index (Phi) is 4.19. The largest absolute Gasteiger partial charge is 0.368 e. The van der Waals surface area contributed by atoms with Gasteiger partial charge in [-0.1, -0.05) is 11.6 Å². The highest BCUT2D eigenvalue weighted by molar-refractivity contribution is 7.10. The van der Waals surface area contributed by atoms with Gasteiger partial charge in [-0.25, -0.2) is 4.98 Å². The van der Waals surface area contributed by atoms with E-state index in [1.165, 1.54) is 4.88 Å². The number of thiazole rings is 1. The minimum absolute atomic E-state index is 0.114. The minimum Gasteiger partial charge on any atom is -0.368 e. The molecular formula is C13H15ClN2OS2. The van der Waals surface area contributed by atoms with E-state index >= 15 is 0 Å². The van der Waals surface area contributed by atoms with Gasteiger partial charge in [0.2, 0.25) is 0 Å². The molecule has 3 nitrogen and oxygen atoms in total. The molecule has 0 bridgehead atoms. The summed E-state index contributed by atoms with van der Waals surface area (Å²) in [7, 11) is 0. The van der Waals surface area contributed by atoms with Crippen LogP contribution in [0.25, 0.3) is 0 Å². The van der Waals surface area contributed by atoms with E-state index in [0.29, 0.717) is 0 Å². The van der Waals surface area contributed by atoms with Crippen LogP contribution in [-0.2, 0) is 11.3 Å². The van der Waals surface area contributed by atoms with Crippen LogP contribution in [-0.4, -0.2) is 29.6 Å². The molecule has 1 atom stereocenters. The molecule has 1 unspecified atom stereocenters. The van der Waals surface area contributed by atoms with E-state index in [4.69, 9.17) is 16.3 Å². The van der Waals surface area contributed by atoms with Crippen molar-refractivity contribution in [2.24, 2.45) is 0 Å². The van der Waals surface area contributed by atoms with E-state index in [-0.39, 0.29) is 6.10 Å². The number of thiophene rings is 1. The van der Waals surface area contributed by atoms with Crippen LogP contribution in [0.3, 0.4) is 0 Å². The van der Waals surface area contributed by atoms with Gasteiger partial charge in [-0.3, -0.25) is 4.90 Å². The number of ether oxygens (including phenoxy) is 1. The van der Waals surface area contributed by atoms with Crippen molar-refractivity contribution in [3.63, 3.8) is 0 Å². The van der Waals surface area contributed by atoms with Crippen LogP contribution in [0.2, 0.25) is 5.02 Å². The molecule has 2 aromatic rings. The van der Waals surface area contributed by atoms with Gasteiger partial charge in [-0.05, 0) is 13.0 Å². The number of hydrogen-bond donors (Lipinski definition) is 0. The van der Waals surface area contributed by atoms with E-state index in [1.54, 1.807) is 22.7 Å². The number of nitrogens with zero attached hydrogens (tertiary/aromatic N) is 2. The number of halogens is 1. The van der Waals surface area contributed by atoms with Gasteiger partial charge in [0.05, 0.1) is 11.6 Å². The van der Waals surface area contributed by atoms with Gasteiger partial charge in [-0.15, -0.1) is 22.7 Å². The molecule has 1 fully saturated rings. The fourth-order valence-corrected chi connectivity index (χ4v) is 4.12. The van der Waals surface area contributed by atoms with E-state index in [0.717, 1.165) is 42.0 Å². The molecule has 0 spiro atoms. The van der Waals surface area contributed by atoms with Gasteiger partial charge in [0.25, 0.3) is 0 Å². The first-order valence-corrected chi connectivity index (χ1v) is 8.33. The highest BCUT2D eigenvalue weighted by Gasteiger charge is 2.24. The van der Waals surface area contributed by atoms with Crippen molar-refractivity contribution in [3.05, 3.63) is 37.4 Å². The normalized spacial score (nSPS) is 20.8. The lowest BCUT2D eigenvalue weighted by molar-refractivity contribution is -0.0327. The quantitative estimate of drug-likeness (QED) is 0.863. The Morgan fingerprint density at radius 1 is 1.47 bits per heavy atom. The topological polar surface area (TPSA) is 25.4 Å². The lowest BCUT2D eigenvalue weighted by Crippen LogP contribution is -2.37. The molecule has 0 N–H and O–H groups in total. The number of hydrogen-bond acceptors (Lipinski definition) is 5. The summed E-state index contributed by atoms with van der Waals surface area (Å²) in [5.74, 6) is 0. The third kappa shape index (κ3) is 3.35. The van der Waals surface area contributed by atoms with Gasteiger partial charge in [0, 0.05) is 41.0 Å². The molecular weight excluding hydrogens is 300 g/mol. The molecule has 2 aromatic heterocycles. The Morgan fingerprint density at radius 2 is 2.37 bits per heavy atom. The second kappa shape index (κ2) is 5.89. The van der Waals surface area contributed by atoms with Crippen LogP contribution in [0.1, 0.15) is 21.7 Å². The van der Waals surface area contributed by atoms with Crippen molar-refractivity contribution in [1.29, 1.82) is 0 Å². The molecule has 102 valence electrons. The fourth-order valence-electron chi connectivity index (χ4n) is 2.17. The summed E-state index contributed by atoms with van der Waals surface area (Å²) in [6.45, 7) is 5.61. The molecule has 0 amide bonds. The highest BCUT2D eigenvalue weighted by Crippen LogP contribution is 2.27. The van der Waals surface area contributed by atoms with Crippen LogP contribution in [0, 0.1) is 6.92 Å². The van der Waals surface area contributed by atoms with Crippen LogP contribution >= 0.6 is 34.3 Å². The molecule has 0 radical (unpaired) electrons. The molecule has 0 aromatic carbocycles. The van der Waals surface area contributed by atoms with Crippen LogP contribution in [0.15, 0.2) is 16.8 Å². The zero-order chi connectivity index (χ0) is 13.2. The summed E-state index contributed by atoms with van der Waals surface area (Å²) < 4.78 is 5.83. The first kappa shape index (κ1) is 13.5. The van der Waals surface area contributed by atoms with Gasteiger partial charge in [-0.2, -0.15) is 0 Å². The third-order valence-electron chi connectivity index (χ3n) is 3.06. The summed E-state index contributed by atoms with van der Waals surface area (Å²) in [5.41, 5.74) is 1.07. The first-order chi connectivity index (χ1) is 9.20. The molecule has 1 aliphatic heterocycles. The Bertz CT molecular complexity index is 554. The van der Waals surface area contributed by atoms with Crippen molar-refractivity contribution in [2.45, 2.75) is 19.6 Å². The molecule has 3 heterocycles. The van der Waals surface area contributed by atoms with Crippen LogP contribution in [0.5, 0.6) is 0 Å². The Balaban J connectivity index is 1.64. The van der Waals surface area contributed by atoms with Crippen molar-refractivity contribution in [2.75, 3.05) is 19.7 Å². The van der Waals surface area contributed by atoms with Crippen LogP contribution in [0.4, 0.5) is 0 Å². The lowest BCUT2D eigenvalue weighted by atomic mass is 10.2. The van der Waals surface area contributed by atoms with Gasteiger partial charge in [0.15, 0.2) is 0 Å². The monoisotopic (exact) mass is 314 g/mol. The van der Waals surface area contributed by atoms with Crippen molar-refractivity contribution >= 4 is 34.3 Å². The summed E-state index contributed by atoms with van der Waals surface area (Å²) in [4.78, 5) is 8.24. The van der Waals surface area contributed by atoms with Gasteiger partial charge >= 0.3 is 0 Å². The maximum Gasteiger partial charge on any atom is 0.123 e. The molecule has 1 aliphatic rings. The minimum atomic E-state index is 0.114. The second-order valence-electron chi connectivity index (χ2n) is 4.65. The van der Waals surface area contributed by atoms with Gasteiger partial charge < -0.3 is 4.74 Å². The van der Waals surface area contributed by atoms with Gasteiger partial charge in [0.1, 0.15) is 11.1 Å². The number of rotatable bonds is 3. The molecule has 6 heteroatoms.